The average molecular weight is 458 g/mol. The Labute approximate surface area is 200 Å². The average Bonchev–Trinajstić information content (AvgIpc) is 2.82. The lowest BCUT2D eigenvalue weighted by Gasteiger charge is -2.37. The first-order valence-electron chi connectivity index (χ1n) is 11.5. The van der Waals surface area contributed by atoms with Crippen LogP contribution in [0.4, 0.5) is 0 Å². The zero-order valence-electron chi connectivity index (χ0n) is 20.7. The van der Waals surface area contributed by atoms with E-state index >= 15 is 0 Å². The predicted molar refractivity (Wildman–Crippen MR) is 140 cm³/mol. The van der Waals surface area contributed by atoms with Gasteiger partial charge < -0.3 is 25.7 Å². The Morgan fingerprint density at radius 1 is 1.12 bits per heavy atom. The van der Waals surface area contributed by atoms with Crippen LogP contribution < -0.4 is 10.6 Å². The molecule has 0 spiro atoms. The molecule has 1 aliphatic heterocycles. The summed E-state index contributed by atoms with van der Waals surface area (Å²) in [6, 6.07) is 0.396. The predicted octanol–water partition coefficient (Wildman–Crippen LogP) is 2.42. The molecular weight excluding hydrogens is 414 g/mol. The van der Waals surface area contributed by atoms with E-state index < -0.39 is 6.29 Å². The molecule has 1 saturated heterocycles. The summed E-state index contributed by atoms with van der Waals surface area (Å²) in [5.41, 5.74) is 3.03. The maximum Gasteiger partial charge on any atom is 0.157 e. The summed E-state index contributed by atoms with van der Waals surface area (Å²) in [4.78, 5) is 9.11. The number of piperazine rings is 1. The highest BCUT2D eigenvalue weighted by Gasteiger charge is 2.21. The van der Waals surface area contributed by atoms with Crippen LogP contribution in [0.1, 0.15) is 20.8 Å². The summed E-state index contributed by atoms with van der Waals surface area (Å²) >= 11 is 0. The van der Waals surface area contributed by atoms with Gasteiger partial charge in [-0.2, -0.15) is 0 Å². The van der Waals surface area contributed by atoms with E-state index in [2.05, 4.69) is 59.0 Å². The van der Waals surface area contributed by atoms with Crippen LogP contribution in [-0.2, 0) is 0 Å². The molecule has 0 radical (unpaired) electrons. The Bertz CT molecular complexity index is 746. The molecular formula is C26H43N5O2. The summed E-state index contributed by atoms with van der Waals surface area (Å²) in [6.07, 6.45) is 11.7. The number of hydrogen-bond donors (Lipinski definition) is 4. The summed E-state index contributed by atoms with van der Waals surface area (Å²) in [5, 5.41) is 25.1. The Hall–Kier alpha value is -2.45. The fraction of sp³-hybridized carbons (Fsp3) is 0.500. The largest absolute Gasteiger partial charge is 0.383 e. The SMILES string of the molecule is C=C/C=C(\C=C\C(C)C(O)O)C(C)N1CCN(C=N/C=C(\C=C)CNC(=C)C(C)NC)CC1. The third kappa shape index (κ3) is 10.4. The van der Waals surface area contributed by atoms with Crippen molar-refractivity contribution in [1.29, 1.82) is 0 Å². The molecule has 1 aliphatic rings. The van der Waals surface area contributed by atoms with E-state index in [9.17, 15) is 10.2 Å². The van der Waals surface area contributed by atoms with Crippen LogP contribution in [0.2, 0.25) is 0 Å². The lowest BCUT2D eigenvalue weighted by molar-refractivity contribution is -0.0651. The van der Waals surface area contributed by atoms with E-state index in [4.69, 9.17) is 0 Å². The number of nitrogens with zero attached hydrogens (tertiary/aromatic N) is 3. The monoisotopic (exact) mass is 457 g/mol. The first-order chi connectivity index (χ1) is 15.7. The highest BCUT2D eigenvalue weighted by atomic mass is 16.5. The molecule has 184 valence electrons. The number of aliphatic hydroxyl groups excluding tert-OH is 1. The maximum atomic E-state index is 9.30. The van der Waals surface area contributed by atoms with Gasteiger partial charge in [-0.3, -0.25) is 4.90 Å². The summed E-state index contributed by atoms with van der Waals surface area (Å²) in [5.74, 6) is -0.327. The standard InChI is InChI=1S/C26H43N5O2/c1-8-10-25(12-11-20(3)26(32)33)23(6)31-15-13-30(14-16-31)19-28-17-24(9-2)18-29-22(5)21(4)27-7/h8-12,17,19-21,23,26-27,29,32-33H,1-2,5,13-16,18H2,3-4,6-7H3/b12-11+,24-17+,25-10+,28-19?. The van der Waals surface area contributed by atoms with Crippen molar-refractivity contribution in [1.82, 2.24) is 20.4 Å². The molecule has 7 heteroatoms. The van der Waals surface area contributed by atoms with Crippen LogP contribution >= 0.6 is 0 Å². The van der Waals surface area contributed by atoms with Crippen molar-refractivity contribution in [2.45, 2.75) is 39.1 Å². The molecule has 4 N–H and O–H groups in total. The van der Waals surface area contributed by atoms with E-state index in [1.807, 2.05) is 37.8 Å². The van der Waals surface area contributed by atoms with Gasteiger partial charge >= 0.3 is 0 Å². The molecule has 0 saturated carbocycles. The number of likely N-dealkylation sites (N-methyl/N-ethyl adjacent to an activating group) is 1. The molecule has 1 heterocycles. The van der Waals surface area contributed by atoms with Crippen molar-refractivity contribution in [2.75, 3.05) is 39.8 Å². The van der Waals surface area contributed by atoms with Gasteiger partial charge in [-0.15, -0.1) is 0 Å². The van der Waals surface area contributed by atoms with Crippen LogP contribution in [-0.4, -0.2) is 84.5 Å². The second-order valence-electron chi connectivity index (χ2n) is 8.34. The molecule has 7 nitrogen and oxygen atoms in total. The number of aliphatic imine (C=N–C) groups is 1. The van der Waals surface area contributed by atoms with Crippen molar-refractivity contribution >= 4 is 6.34 Å². The maximum absolute atomic E-state index is 9.30. The molecule has 3 atom stereocenters. The highest BCUT2D eigenvalue weighted by molar-refractivity contribution is 5.56. The van der Waals surface area contributed by atoms with E-state index in [1.165, 1.54) is 0 Å². The van der Waals surface area contributed by atoms with Crippen molar-refractivity contribution in [3.05, 3.63) is 73.2 Å². The highest BCUT2D eigenvalue weighted by Crippen LogP contribution is 2.16. The Morgan fingerprint density at radius 2 is 1.79 bits per heavy atom. The van der Waals surface area contributed by atoms with Crippen LogP contribution in [0.15, 0.2) is 78.2 Å². The van der Waals surface area contributed by atoms with Gasteiger partial charge in [-0.05, 0) is 32.0 Å². The second kappa shape index (κ2) is 15.4. The van der Waals surface area contributed by atoms with Gasteiger partial charge in [0.05, 0.1) is 6.34 Å². The second-order valence-corrected chi connectivity index (χ2v) is 8.34. The molecule has 0 aromatic carbocycles. The smallest absolute Gasteiger partial charge is 0.157 e. The van der Waals surface area contributed by atoms with Crippen molar-refractivity contribution < 1.29 is 10.2 Å². The van der Waals surface area contributed by atoms with Crippen LogP contribution in [0.25, 0.3) is 0 Å². The summed E-state index contributed by atoms with van der Waals surface area (Å²) < 4.78 is 0. The Morgan fingerprint density at radius 3 is 2.33 bits per heavy atom. The third-order valence-electron chi connectivity index (χ3n) is 5.96. The molecule has 0 aromatic heterocycles. The normalized spacial score (nSPS) is 19.2. The number of nitrogens with one attached hydrogen (secondary N) is 2. The lowest BCUT2D eigenvalue weighted by atomic mass is 10.0. The van der Waals surface area contributed by atoms with E-state index in [0.29, 0.717) is 6.54 Å². The number of allylic oxidation sites excluding steroid dienone is 2. The lowest BCUT2D eigenvalue weighted by Crippen LogP contribution is -2.49. The minimum atomic E-state index is -1.36. The van der Waals surface area contributed by atoms with Gasteiger partial charge in [0.2, 0.25) is 0 Å². The van der Waals surface area contributed by atoms with Crippen molar-refractivity contribution in [3.63, 3.8) is 0 Å². The van der Waals surface area contributed by atoms with Gasteiger partial charge in [0.15, 0.2) is 6.29 Å². The number of rotatable bonds is 14. The van der Waals surface area contributed by atoms with E-state index in [0.717, 1.165) is 43.0 Å². The number of aliphatic hydroxyl groups is 2. The Balaban J connectivity index is 2.61. The molecule has 0 bridgehead atoms. The summed E-state index contributed by atoms with van der Waals surface area (Å²) in [6.45, 7) is 21.9. The molecule has 1 fully saturated rings. The molecule has 0 aliphatic carbocycles. The van der Waals surface area contributed by atoms with Crippen molar-refractivity contribution in [2.24, 2.45) is 10.9 Å². The van der Waals surface area contributed by atoms with Gasteiger partial charge in [0, 0.05) is 62.6 Å². The van der Waals surface area contributed by atoms with Gasteiger partial charge in [-0.1, -0.05) is 57.0 Å². The van der Waals surface area contributed by atoms with Crippen LogP contribution in [0, 0.1) is 5.92 Å². The van der Waals surface area contributed by atoms with Crippen LogP contribution in [0.3, 0.4) is 0 Å². The minimum absolute atomic E-state index is 0.195. The fourth-order valence-corrected chi connectivity index (χ4v) is 3.22. The molecule has 0 aromatic rings. The summed E-state index contributed by atoms with van der Waals surface area (Å²) in [7, 11) is 1.91. The quantitative estimate of drug-likeness (QED) is 0.139. The molecule has 3 unspecified atom stereocenters. The van der Waals surface area contributed by atoms with E-state index in [-0.39, 0.29) is 18.0 Å². The zero-order valence-corrected chi connectivity index (χ0v) is 20.7. The molecule has 33 heavy (non-hydrogen) atoms. The zero-order chi connectivity index (χ0) is 24.8. The Kier molecular flexibility index (Phi) is 13.3. The van der Waals surface area contributed by atoms with Gasteiger partial charge in [-0.25, -0.2) is 4.99 Å². The molecule has 1 rings (SSSR count). The first kappa shape index (κ1) is 28.6. The van der Waals surface area contributed by atoms with Gasteiger partial charge in [0.25, 0.3) is 0 Å². The topological polar surface area (TPSA) is 83.4 Å². The number of hydrogen-bond acceptors (Lipinski definition) is 6. The van der Waals surface area contributed by atoms with Crippen LogP contribution in [0.5, 0.6) is 0 Å². The minimum Gasteiger partial charge on any atom is -0.383 e. The van der Waals surface area contributed by atoms with E-state index in [1.54, 1.807) is 19.1 Å². The van der Waals surface area contributed by atoms with Gasteiger partial charge in [0.1, 0.15) is 0 Å². The third-order valence-corrected chi connectivity index (χ3v) is 5.96. The fourth-order valence-electron chi connectivity index (χ4n) is 3.22. The molecule has 0 amide bonds. The van der Waals surface area contributed by atoms with Crippen molar-refractivity contribution in [3.8, 4) is 0 Å². The first-order valence-corrected chi connectivity index (χ1v) is 11.5.